The monoisotopic (exact) mass is 360 g/mol. The van der Waals surface area contributed by atoms with Crippen LogP contribution in [-0.2, 0) is 24.7 Å². The number of thioether (sulfide) groups is 1. The van der Waals surface area contributed by atoms with Crippen molar-refractivity contribution in [3.63, 3.8) is 0 Å². The van der Waals surface area contributed by atoms with Gasteiger partial charge in [0.15, 0.2) is 10.9 Å². The molecule has 0 aliphatic heterocycles. The predicted octanol–water partition coefficient (Wildman–Crippen LogP) is 1.76. The molecule has 0 amide bonds. The van der Waals surface area contributed by atoms with E-state index in [-0.39, 0.29) is 22.8 Å². The highest BCUT2D eigenvalue weighted by atomic mass is 32.2. The number of carbonyl (C=O) groups excluding carboxylic acids is 1. The third-order valence-corrected chi connectivity index (χ3v) is 6.31. The van der Waals surface area contributed by atoms with Crippen molar-refractivity contribution in [1.82, 2.24) is 9.55 Å². The van der Waals surface area contributed by atoms with Crippen molar-refractivity contribution in [2.45, 2.75) is 24.4 Å². The summed E-state index contributed by atoms with van der Waals surface area (Å²) < 4.78 is 1.48. The van der Waals surface area contributed by atoms with Gasteiger partial charge in [-0.1, -0.05) is 18.3 Å². The number of ketones is 1. The number of carbonyl (C=O) groups is 1. The van der Waals surface area contributed by atoms with Crippen LogP contribution in [0.1, 0.15) is 16.9 Å². The van der Waals surface area contributed by atoms with Gasteiger partial charge in [0.2, 0.25) is 0 Å². The van der Waals surface area contributed by atoms with E-state index in [0.29, 0.717) is 5.16 Å². The van der Waals surface area contributed by atoms with Crippen LogP contribution < -0.4 is 11.3 Å². The first-order chi connectivity index (χ1) is 11.4. The number of thiophene rings is 1. The highest BCUT2D eigenvalue weighted by Gasteiger charge is 2.24. The molecule has 0 radical (unpaired) electrons. The van der Waals surface area contributed by atoms with Gasteiger partial charge in [-0.3, -0.25) is 14.2 Å². The molecule has 0 spiro atoms. The van der Waals surface area contributed by atoms with Gasteiger partial charge in [0.05, 0.1) is 17.2 Å². The molecule has 24 heavy (non-hydrogen) atoms. The Morgan fingerprint density at radius 1 is 1.58 bits per heavy atom. The lowest BCUT2D eigenvalue weighted by atomic mass is 10.1. The summed E-state index contributed by atoms with van der Waals surface area (Å²) in [6, 6.07) is 1.84. The zero-order valence-corrected chi connectivity index (χ0v) is 14.8. The third kappa shape index (κ3) is 2.74. The number of nitrogens with two attached hydrogens (primary N) is 1. The quantitative estimate of drug-likeness (QED) is 0.644. The van der Waals surface area contributed by atoms with Crippen LogP contribution in [0.5, 0.6) is 0 Å². The molecule has 0 fully saturated rings. The first kappa shape index (κ1) is 16.7. The van der Waals surface area contributed by atoms with Gasteiger partial charge >= 0.3 is 0 Å². The SMILES string of the molecule is C=C(N)[C@@H](C#N)C(=O)CSc1nc2sc3c(c2c(=O)n1C)CCC3. The normalized spacial score (nSPS) is 14.3. The molecular weight excluding hydrogens is 344 g/mol. The summed E-state index contributed by atoms with van der Waals surface area (Å²) in [6.07, 6.45) is 3.02. The summed E-state index contributed by atoms with van der Waals surface area (Å²) in [7, 11) is 1.66. The molecule has 2 heterocycles. The van der Waals surface area contributed by atoms with Crippen molar-refractivity contribution in [1.29, 1.82) is 5.26 Å². The molecule has 0 saturated heterocycles. The van der Waals surface area contributed by atoms with Gasteiger partial charge in [0, 0.05) is 17.6 Å². The summed E-state index contributed by atoms with van der Waals surface area (Å²) in [4.78, 5) is 31.3. The molecular formula is C16H16N4O2S2. The lowest BCUT2D eigenvalue weighted by Gasteiger charge is -2.09. The molecule has 0 saturated carbocycles. The second kappa shape index (κ2) is 6.42. The Hall–Kier alpha value is -2.11. The molecule has 2 aromatic heterocycles. The molecule has 0 unspecified atom stereocenters. The fraction of sp³-hybridized carbons (Fsp3) is 0.375. The van der Waals surface area contributed by atoms with Crippen LogP contribution in [0.3, 0.4) is 0 Å². The Labute approximate surface area is 147 Å². The van der Waals surface area contributed by atoms with Crippen molar-refractivity contribution >= 4 is 39.1 Å². The van der Waals surface area contributed by atoms with Gasteiger partial charge in [-0.25, -0.2) is 4.98 Å². The summed E-state index contributed by atoms with van der Waals surface area (Å²) in [5, 5.41) is 10.2. The van der Waals surface area contributed by atoms with E-state index in [1.165, 1.54) is 9.44 Å². The zero-order chi connectivity index (χ0) is 17.4. The number of aryl methyl sites for hydroxylation is 2. The smallest absolute Gasteiger partial charge is 0.262 e. The minimum atomic E-state index is -1.02. The standard InChI is InChI=1S/C16H16N4O2S2/c1-8(18)10(6-17)11(21)7-23-16-19-14-13(15(22)20(16)2)9-4-3-5-12(9)24-14/h10H,1,3-5,7,18H2,2H3/t10-/m1/s1. The van der Waals surface area contributed by atoms with Crippen molar-refractivity contribution in [2.75, 3.05) is 5.75 Å². The van der Waals surface area contributed by atoms with Crippen LogP contribution in [0.25, 0.3) is 10.2 Å². The minimum absolute atomic E-state index is 0.0192. The van der Waals surface area contributed by atoms with Gasteiger partial charge in [-0.05, 0) is 24.8 Å². The zero-order valence-electron chi connectivity index (χ0n) is 13.2. The Morgan fingerprint density at radius 3 is 3.00 bits per heavy atom. The molecule has 3 rings (SSSR count). The first-order valence-corrected chi connectivity index (χ1v) is 9.25. The predicted molar refractivity (Wildman–Crippen MR) is 95.0 cm³/mol. The fourth-order valence-electron chi connectivity index (χ4n) is 2.82. The molecule has 8 heteroatoms. The van der Waals surface area contributed by atoms with Crippen molar-refractivity contribution in [3.05, 3.63) is 33.1 Å². The summed E-state index contributed by atoms with van der Waals surface area (Å²) in [5.41, 5.74) is 6.57. The summed E-state index contributed by atoms with van der Waals surface area (Å²) >= 11 is 2.71. The van der Waals surface area contributed by atoms with Gasteiger partial charge in [0.25, 0.3) is 5.56 Å². The molecule has 2 aromatic rings. The van der Waals surface area contributed by atoms with Gasteiger partial charge < -0.3 is 5.73 Å². The molecule has 0 bridgehead atoms. The second-order valence-corrected chi connectivity index (χ2v) is 7.71. The average Bonchev–Trinajstić information content (AvgIpc) is 3.10. The maximum absolute atomic E-state index is 12.7. The van der Waals surface area contributed by atoms with E-state index in [4.69, 9.17) is 11.0 Å². The number of nitrogens with zero attached hydrogens (tertiary/aromatic N) is 3. The second-order valence-electron chi connectivity index (χ2n) is 5.69. The molecule has 0 aromatic carbocycles. The minimum Gasteiger partial charge on any atom is -0.401 e. The largest absolute Gasteiger partial charge is 0.401 e. The number of allylic oxidation sites excluding steroid dienone is 1. The fourth-order valence-corrected chi connectivity index (χ4v) is 5.00. The molecule has 1 atom stereocenters. The number of nitriles is 1. The molecule has 1 aliphatic carbocycles. The van der Waals surface area contributed by atoms with Crippen LogP contribution in [-0.4, -0.2) is 21.1 Å². The lowest BCUT2D eigenvalue weighted by molar-refractivity contribution is -0.117. The van der Waals surface area contributed by atoms with Crippen LogP contribution in [0.15, 0.2) is 22.2 Å². The number of rotatable bonds is 5. The van der Waals surface area contributed by atoms with E-state index < -0.39 is 5.92 Å². The Balaban J connectivity index is 1.90. The Morgan fingerprint density at radius 2 is 2.33 bits per heavy atom. The maximum Gasteiger partial charge on any atom is 0.262 e. The molecule has 2 N–H and O–H groups in total. The summed E-state index contributed by atoms with van der Waals surface area (Å²) in [6.45, 7) is 3.46. The number of Topliss-reactive ketones (excluding diaryl/α,β-unsaturated/α-hetero) is 1. The maximum atomic E-state index is 12.7. The van der Waals surface area contributed by atoms with Crippen LogP contribution in [0.4, 0.5) is 0 Å². The highest BCUT2D eigenvalue weighted by Crippen LogP contribution is 2.35. The van der Waals surface area contributed by atoms with E-state index in [0.717, 1.165) is 46.8 Å². The van der Waals surface area contributed by atoms with E-state index in [9.17, 15) is 9.59 Å². The topological polar surface area (TPSA) is 102 Å². The van der Waals surface area contributed by atoms with E-state index >= 15 is 0 Å². The molecule has 1 aliphatic rings. The number of hydrogen-bond acceptors (Lipinski definition) is 7. The van der Waals surface area contributed by atoms with Gasteiger partial charge in [-0.2, -0.15) is 5.26 Å². The van der Waals surface area contributed by atoms with Gasteiger partial charge in [0.1, 0.15) is 10.7 Å². The van der Waals surface area contributed by atoms with Crippen molar-refractivity contribution in [3.8, 4) is 6.07 Å². The number of fused-ring (bicyclic) bond motifs is 3. The average molecular weight is 360 g/mol. The van der Waals surface area contributed by atoms with Crippen LogP contribution in [0.2, 0.25) is 0 Å². The van der Waals surface area contributed by atoms with Crippen molar-refractivity contribution < 1.29 is 4.79 Å². The summed E-state index contributed by atoms with van der Waals surface area (Å²) in [5.74, 6) is -1.34. The van der Waals surface area contributed by atoms with Crippen molar-refractivity contribution in [2.24, 2.45) is 18.7 Å². The van der Waals surface area contributed by atoms with E-state index in [1.807, 2.05) is 6.07 Å². The highest BCUT2D eigenvalue weighted by molar-refractivity contribution is 7.99. The first-order valence-electron chi connectivity index (χ1n) is 7.44. The molecule has 6 nitrogen and oxygen atoms in total. The Kier molecular flexibility index (Phi) is 4.47. The third-order valence-electron chi connectivity index (χ3n) is 4.07. The van der Waals surface area contributed by atoms with Crippen LogP contribution >= 0.6 is 23.1 Å². The molecule has 124 valence electrons. The number of hydrogen-bond donors (Lipinski definition) is 1. The van der Waals surface area contributed by atoms with E-state index in [1.54, 1.807) is 18.4 Å². The van der Waals surface area contributed by atoms with Crippen LogP contribution in [0, 0.1) is 17.2 Å². The Bertz CT molecular complexity index is 952. The van der Waals surface area contributed by atoms with Gasteiger partial charge in [-0.15, -0.1) is 11.3 Å². The number of aromatic nitrogens is 2. The lowest BCUT2D eigenvalue weighted by Crippen LogP contribution is -2.23. The van der Waals surface area contributed by atoms with E-state index in [2.05, 4.69) is 11.6 Å².